The first-order valence-electron chi connectivity index (χ1n) is 5.47. The van der Waals surface area contributed by atoms with Crippen LogP contribution < -0.4 is 5.56 Å². The quantitative estimate of drug-likeness (QED) is 0.864. The lowest BCUT2D eigenvalue weighted by molar-refractivity contribution is 0.660. The van der Waals surface area contributed by atoms with Crippen LogP contribution in [0.2, 0.25) is 0 Å². The molecule has 0 bridgehead atoms. The van der Waals surface area contributed by atoms with Crippen LogP contribution in [-0.2, 0) is 13.0 Å². The third kappa shape index (κ3) is 2.41. The van der Waals surface area contributed by atoms with Gasteiger partial charge in [-0.2, -0.15) is 5.10 Å². The van der Waals surface area contributed by atoms with E-state index in [2.05, 4.69) is 15.1 Å². The summed E-state index contributed by atoms with van der Waals surface area (Å²) in [5.41, 5.74) is 1.58. The molecule has 0 fully saturated rings. The molecule has 0 radical (unpaired) electrons. The van der Waals surface area contributed by atoms with Gasteiger partial charge < -0.3 is 4.98 Å². The second-order valence-electron chi connectivity index (χ2n) is 3.61. The predicted octanol–water partition coefficient (Wildman–Crippen LogP) is 1.82. The van der Waals surface area contributed by atoms with Crippen molar-refractivity contribution in [2.75, 3.05) is 0 Å². The molecule has 90 valence electrons. The molecule has 2 aromatic heterocycles. The summed E-state index contributed by atoms with van der Waals surface area (Å²) in [5.74, 6) is 0.590. The molecular weight excluding hydrogens is 331 g/mol. The highest BCUT2D eigenvalue weighted by Crippen LogP contribution is 2.14. The highest BCUT2D eigenvalue weighted by molar-refractivity contribution is 14.1. The average molecular weight is 344 g/mol. The molecule has 0 aliphatic carbocycles. The Morgan fingerprint density at radius 2 is 2.24 bits per heavy atom. The molecule has 0 atom stereocenters. The van der Waals surface area contributed by atoms with Gasteiger partial charge in [0.1, 0.15) is 5.82 Å². The van der Waals surface area contributed by atoms with Crippen LogP contribution in [0, 0.1) is 3.57 Å². The van der Waals surface area contributed by atoms with E-state index in [-0.39, 0.29) is 5.56 Å². The first-order chi connectivity index (χ1) is 8.15. The molecular formula is C11H13IN4O. The Hall–Kier alpha value is -1.18. The maximum absolute atomic E-state index is 11.7. The maximum Gasteiger partial charge on any atom is 0.264 e. The van der Waals surface area contributed by atoms with Gasteiger partial charge in [0.25, 0.3) is 5.56 Å². The zero-order valence-electron chi connectivity index (χ0n) is 9.70. The summed E-state index contributed by atoms with van der Waals surface area (Å²) in [7, 11) is 0. The van der Waals surface area contributed by atoms with Crippen LogP contribution in [0.25, 0.3) is 11.4 Å². The molecule has 0 saturated carbocycles. The molecule has 6 heteroatoms. The fraction of sp³-hybridized carbons (Fsp3) is 0.364. The van der Waals surface area contributed by atoms with E-state index in [1.54, 1.807) is 10.9 Å². The molecule has 0 aliphatic rings. The van der Waals surface area contributed by atoms with Crippen molar-refractivity contribution in [3.8, 4) is 11.4 Å². The topological polar surface area (TPSA) is 63.6 Å². The van der Waals surface area contributed by atoms with Crippen LogP contribution in [-0.4, -0.2) is 19.7 Å². The number of hydrogen-bond donors (Lipinski definition) is 1. The molecule has 1 N–H and O–H groups in total. The van der Waals surface area contributed by atoms with Gasteiger partial charge in [-0.15, -0.1) is 0 Å². The zero-order valence-corrected chi connectivity index (χ0v) is 11.9. The fourth-order valence-corrected chi connectivity index (χ4v) is 2.17. The number of hydrogen-bond acceptors (Lipinski definition) is 3. The number of nitrogens with zero attached hydrogens (tertiary/aromatic N) is 3. The summed E-state index contributed by atoms with van der Waals surface area (Å²) in [6.07, 6.45) is 4.34. The Balaban J connectivity index is 2.52. The first-order valence-corrected chi connectivity index (χ1v) is 6.55. The molecule has 0 saturated heterocycles. The number of nitrogens with one attached hydrogen (secondary N) is 1. The molecule has 0 unspecified atom stereocenters. The molecule has 17 heavy (non-hydrogen) atoms. The zero-order chi connectivity index (χ0) is 12.4. The highest BCUT2D eigenvalue weighted by Gasteiger charge is 2.10. The largest absolute Gasteiger partial charge is 0.306 e. The van der Waals surface area contributed by atoms with Crippen molar-refractivity contribution in [3.05, 3.63) is 32.0 Å². The van der Waals surface area contributed by atoms with Gasteiger partial charge in [0.15, 0.2) is 0 Å². The summed E-state index contributed by atoms with van der Waals surface area (Å²) in [5, 5.41) is 4.17. The number of halogens is 1. The first kappa shape index (κ1) is 12.3. The Morgan fingerprint density at radius 1 is 1.47 bits per heavy atom. The number of aryl methyl sites for hydroxylation is 2. The van der Waals surface area contributed by atoms with Crippen molar-refractivity contribution in [2.45, 2.75) is 26.8 Å². The standard InChI is InChI=1S/C11H13IN4O/c1-3-8-9(12)11(17)15-10(14-8)7-5-13-16(4-2)6-7/h5-6H,3-4H2,1-2H3,(H,14,15,17). The van der Waals surface area contributed by atoms with E-state index in [4.69, 9.17) is 0 Å². The molecule has 2 rings (SSSR count). The monoisotopic (exact) mass is 344 g/mol. The highest BCUT2D eigenvalue weighted by atomic mass is 127. The smallest absolute Gasteiger partial charge is 0.264 e. The van der Waals surface area contributed by atoms with Crippen molar-refractivity contribution in [1.29, 1.82) is 0 Å². The van der Waals surface area contributed by atoms with E-state index in [1.165, 1.54) is 0 Å². The summed E-state index contributed by atoms with van der Waals surface area (Å²) in [6, 6.07) is 0. The van der Waals surface area contributed by atoms with Gasteiger partial charge >= 0.3 is 0 Å². The molecule has 0 aliphatic heterocycles. The van der Waals surface area contributed by atoms with Gasteiger partial charge in [-0.05, 0) is 35.9 Å². The van der Waals surface area contributed by atoms with E-state index in [0.717, 1.165) is 24.2 Å². The number of aromatic amines is 1. The van der Waals surface area contributed by atoms with Crippen LogP contribution in [0.15, 0.2) is 17.2 Å². The number of aromatic nitrogens is 4. The Kier molecular flexibility index (Phi) is 3.60. The second kappa shape index (κ2) is 4.99. The minimum absolute atomic E-state index is 0.0864. The summed E-state index contributed by atoms with van der Waals surface area (Å²) in [6.45, 7) is 4.80. The molecule has 0 aromatic carbocycles. The average Bonchev–Trinajstić information content (AvgIpc) is 2.81. The lowest BCUT2D eigenvalue weighted by atomic mass is 10.3. The summed E-state index contributed by atoms with van der Waals surface area (Å²) < 4.78 is 2.47. The SMILES string of the molecule is CCc1nc(-c2cnn(CC)c2)[nH]c(=O)c1I. The number of rotatable bonds is 3. The van der Waals surface area contributed by atoms with Gasteiger partial charge in [-0.3, -0.25) is 9.48 Å². The Bertz CT molecular complexity index is 587. The van der Waals surface area contributed by atoms with Crippen molar-refractivity contribution < 1.29 is 0 Å². The Morgan fingerprint density at radius 3 is 2.82 bits per heavy atom. The fourth-order valence-electron chi connectivity index (χ4n) is 1.54. The van der Waals surface area contributed by atoms with Gasteiger partial charge in [0, 0.05) is 12.7 Å². The molecule has 0 spiro atoms. The predicted molar refractivity (Wildman–Crippen MR) is 73.8 cm³/mol. The lowest BCUT2D eigenvalue weighted by Gasteiger charge is -2.02. The molecule has 2 aromatic rings. The van der Waals surface area contributed by atoms with Gasteiger partial charge in [0.05, 0.1) is 21.0 Å². The third-order valence-corrected chi connectivity index (χ3v) is 3.61. The van der Waals surface area contributed by atoms with E-state index >= 15 is 0 Å². The van der Waals surface area contributed by atoms with Crippen molar-refractivity contribution in [3.63, 3.8) is 0 Å². The van der Waals surface area contributed by atoms with Crippen molar-refractivity contribution in [2.24, 2.45) is 0 Å². The van der Waals surface area contributed by atoms with E-state index in [9.17, 15) is 4.79 Å². The van der Waals surface area contributed by atoms with E-state index in [0.29, 0.717) is 9.39 Å². The number of H-pyrrole nitrogens is 1. The molecule has 0 amide bonds. The van der Waals surface area contributed by atoms with Crippen molar-refractivity contribution in [1.82, 2.24) is 19.7 Å². The normalized spacial score (nSPS) is 10.8. The van der Waals surface area contributed by atoms with Crippen LogP contribution in [0.1, 0.15) is 19.5 Å². The van der Waals surface area contributed by atoms with Gasteiger partial charge in [-0.1, -0.05) is 6.92 Å². The van der Waals surface area contributed by atoms with E-state index in [1.807, 2.05) is 42.6 Å². The van der Waals surface area contributed by atoms with Crippen molar-refractivity contribution >= 4 is 22.6 Å². The lowest BCUT2D eigenvalue weighted by Crippen LogP contribution is -2.15. The second-order valence-corrected chi connectivity index (χ2v) is 4.69. The molecule has 2 heterocycles. The van der Waals surface area contributed by atoms with Crippen LogP contribution in [0.3, 0.4) is 0 Å². The summed E-state index contributed by atoms with van der Waals surface area (Å²) in [4.78, 5) is 19.0. The molecule has 5 nitrogen and oxygen atoms in total. The minimum Gasteiger partial charge on any atom is -0.306 e. The Labute approximate surface area is 112 Å². The van der Waals surface area contributed by atoms with E-state index < -0.39 is 0 Å². The van der Waals surface area contributed by atoms with Gasteiger partial charge in [-0.25, -0.2) is 4.98 Å². The third-order valence-electron chi connectivity index (χ3n) is 2.50. The summed E-state index contributed by atoms with van der Waals surface area (Å²) >= 11 is 2.03. The van der Waals surface area contributed by atoms with Crippen LogP contribution in [0.4, 0.5) is 0 Å². The van der Waals surface area contributed by atoms with Gasteiger partial charge in [0.2, 0.25) is 0 Å². The van der Waals surface area contributed by atoms with Crippen LogP contribution >= 0.6 is 22.6 Å². The van der Waals surface area contributed by atoms with Crippen LogP contribution in [0.5, 0.6) is 0 Å². The maximum atomic E-state index is 11.7. The minimum atomic E-state index is -0.0864.